The summed E-state index contributed by atoms with van der Waals surface area (Å²) in [5, 5.41) is 17.0. The van der Waals surface area contributed by atoms with Gasteiger partial charge in [-0.15, -0.1) is 0 Å². The summed E-state index contributed by atoms with van der Waals surface area (Å²) in [6.45, 7) is 0.296. The highest BCUT2D eigenvalue weighted by Crippen LogP contribution is 2.08. The van der Waals surface area contributed by atoms with E-state index in [-0.39, 0.29) is 0 Å². The molecular formula is C14H26O3. The molecule has 0 bridgehead atoms. The lowest BCUT2D eigenvalue weighted by Gasteiger charge is -1.98. The molecular weight excluding hydrogens is 216 g/mol. The van der Waals surface area contributed by atoms with Crippen molar-refractivity contribution < 1.29 is 15.0 Å². The number of allylic oxidation sites excluding steroid dienone is 2. The SMILES string of the molecule is O=C(O)CCCCCCCC=CCCCCO. The minimum Gasteiger partial charge on any atom is -0.481 e. The summed E-state index contributed by atoms with van der Waals surface area (Å²) in [4.78, 5) is 10.3. The summed E-state index contributed by atoms with van der Waals surface area (Å²) in [6.07, 6.45) is 14.3. The number of unbranched alkanes of at least 4 members (excludes halogenated alkanes) is 7. The van der Waals surface area contributed by atoms with Gasteiger partial charge in [0.2, 0.25) is 0 Å². The third kappa shape index (κ3) is 15.2. The lowest BCUT2D eigenvalue weighted by Crippen LogP contribution is -1.93. The molecule has 2 N–H and O–H groups in total. The Hall–Kier alpha value is -0.830. The van der Waals surface area contributed by atoms with Gasteiger partial charge in [-0.05, 0) is 38.5 Å². The second-order valence-electron chi connectivity index (χ2n) is 4.39. The van der Waals surface area contributed by atoms with Gasteiger partial charge in [-0.2, -0.15) is 0 Å². The molecule has 0 rings (SSSR count). The molecule has 0 heterocycles. The summed E-state index contributed by atoms with van der Waals surface area (Å²) >= 11 is 0. The van der Waals surface area contributed by atoms with Crippen LogP contribution >= 0.6 is 0 Å². The molecule has 0 aromatic rings. The van der Waals surface area contributed by atoms with E-state index in [1.807, 2.05) is 0 Å². The van der Waals surface area contributed by atoms with Crippen LogP contribution in [0.3, 0.4) is 0 Å². The van der Waals surface area contributed by atoms with Gasteiger partial charge >= 0.3 is 5.97 Å². The number of aliphatic hydroxyl groups excluding tert-OH is 1. The van der Waals surface area contributed by atoms with Gasteiger partial charge in [-0.1, -0.05) is 31.4 Å². The lowest BCUT2D eigenvalue weighted by atomic mass is 10.1. The molecule has 0 saturated carbocycles. The van der Waals surface area contributed by atoms with E-state index >= 15 is 0 Å². The van der Waals surface area contributed by atoms with Crippen molar-refractivity contribution in [2.24, 2.45) is 0 Å². The van der Waals surface area contributed by atoms with Crippen molar-refractivity contribution in [2.75, 3.05) is 6.61 Å². The summed E-state index contributed by atoms with van der Waals surface area (Å²) in [5.41, 5.74) is 0. The van der Waals surface area contributed by atoms with Crippen LogP contribution in [0.25, 0.3) is 0 Å². The molecule has 0 aliphatic carbocycles. The van der Waals surface area contributed by atoms with Gasteiger partial charge in [0.25, 0.3) is 0 Å². The Morgan fingerprint density at radius 1 is 0.824 bits per heavy atom. The molecule has 0 aliphatic rings. The van der Waals surface area contributed by atoms with Crippen LogP contribution in [0.2, 0.25) is 0 Å². The van der Waals surface area contributed by atoms with Crippen molar-refractivity contribution in [1.29, 1.82) is 0 Å². The number of hydrogen-bond acceptors (Lipinski definition) is 2. The van der Waals surface area contributed by atoms with Crippen LogP contribution in [0.15, 0.2) is 12.2 Å². The van der Waals surface area contributed by atoms with Crippen LogP contribution in [0.5, 0.6) is 0 Å². The molecule has 100 valence electrons. The third-order valence-corrected chi connectivity index (χ3v) is 2.71. The lowest BCUT2D eigenvalue weighted by molar-refractivity contribution is -0.137. The van der Waals surface area contributed by atoms with Gasteiger partial charge in [0, 0.05) is 13.0 Å². The average Bonchev–Trinajstić information content (AvgIpc) is 2.30. The van der Waals surface area contributed by atoms with Crippen LogP contribution in [-0.2, 0) is 4.79 Å². The maximum absolute atomic E-state index is 10.3. The number of carboxylic acid groups (broad SMARTS) is 1. The second-order valence-corrected chi connectivity index (χ2v) is 4.39. The van der Waals surface area contributed by atoms with Crippen LogP contribution < -0.4 is 0 Å². The first kappa shape index (κ1) is 16.2. The first-order valence-corrected chi connectivity index (χ1v) is 6.75. The Kier molecular flexibility index (Phi) is 12.6. The van der Waals surface area contributed by atoms with E-state index in [1.54, 1.807) is 0 Å². The quantitative estimate of drug-likeness (QED) is 0.406. The number of aliphatic carboxylic acids is 1. The minimum absolute atomic E-state index is 0.296. The van der Waals surface area contributed by atoms with E-state index in [4.69, 9.17) is 10.2 Å². The topological polar surface area (TPSA) is 57.5 Å². The maximum atomic E-state index is 10.3. The van der Waals surface area contributed by atoms with E-state index in [2.05, 4.69) is 12.2 Å². The first-order chi connectivity index (χ1) is 8.27. The molecule has 0 aliphatic heterocycles. The molecule has 0 aromatic heterocycles. The summed E-state index contributed by atoms with van der Waals surface area (Å²) in [6, 6.07) is 0. The molecule has 3 nitrogen and oxygen atoms in total. The van der Waals surface area contributed by atoms with Crippen molar-refractivity contribution in [3.63, 3.8) is 0 Å². The molecule has 17 heavy (non-hydrogen) atoms. The Balaban J connectivity index is 3.05. The zero-order chi connectivity index (χ0) is 12.8. The summed E-state index contributed by atoms with van der Waals surface area (Å²) in [5.74, 6) is -0.684. The van der Waals surface area contributed by atoms with E-state index in [0.29, 0.717) is 13.0 Å². The Morgan fingerprint density at radius 3 is 1.94 bits per heavy atom. The molecule has 0 atom stereocenters. The van der Waals surface area contributed by atoms with Crippen molar-refractivity contribution >= 4 is 5.97 Å². The summed E-state index contributed by atoms with van der Waals surface area (Å²) < 4.78 is 0. The summed E-state index contributed by atoms with van der Waals surface area (Å²) in [7, 11) is 0. The molecule has 0 amide bonds. The number of rotatable bonds is 12. The molecule has 0 saturated heterocycles. The van der Waals surface area contributed by atoms with Crippen LogP contribution in [0.1, 0.15) is 64.2 Å². The van der Waals surface area contributed by atoms with E-state index in [9.17, 15) is 4.79 Å². The van der Waals surface area contributed by atoms with Gasteiger partial charge in [0.15, 0.2) is 0 Å². The zero-order valence-electron chi connectivity index (χ0n) is 10.7. The van der Waals surface area contributed by atoms with E-state index in [0.717, 1.165) is 44.9 Å². The fraction of sp³-hybridized carbons (Fsp3) is 0.786. The molecule has 3 heteroatoms. The number of carbonyl (C=O) groups is 1. The van der Waals surface area contributed by atoms with Gasteiger partial charge < -0.3 is 10.2 Å². The highest BCUT2D eigenvalue weighted by molar-refractivity contribution is 5.66. The molecule has 0 fully saturated rings. The van der Waals surface area contributed by atoms with Crippen molar-refractivity contribution in [1.82, 2.24) is 0 Å². The van der Waals surface area contributed by atoms with E-state index in [1.165, 1.54) is 12.8 Å². The molecule has 0 spiro atoms. The minimum atomic E-state index is -0.684. The Bertz CT molecular complexity index is 200. The van der Waals surface area contributed by atoms with Gasteiger partial charge in [-0.3, -0.25) is 4.79 Å². The standard InChI is InChI=1S/C14H26O3/c15-13-11-9-7-5-3-1-2-4-6-8-10-12-14(16)17/h3,5,15H,1-2,4,6-13H2,(H,16,17). The molecule has 0 aromatic carbocycles. The van der Waals surface area contributed by atoms with Crippen LogP contribution in [-0.4, -0.2) is 22.8 Å². The van der Waals surface area contributed by atoms with Crippen molar-refractivity contribution in [3.05, 3.63) is 12.2 Å². The zero-order valence-corrected chi connectivity index (χ0v) is 10.7. The number of hydrogen-bond donors (Lipinski definition) is 2. The Morgan fingerprint density at radius 2 is 1.35 bits per heavy atom. The fourth-order valence-electron chi connectivity index (χ4n) is 1.68. The van der Waals surface area contributed by atoms with Crippen LogP contribution in [0, 0.1) is 0 Å². The highest BCUT2D eigenvalue weighted by atomic mass is 16.4. The largest absolute Gasteiger partial charge is 0.481 e. The van der Waals surface area contributed by atoms with Gasteiger partial charge in [0.1, 0.15) is 0 Å². The predicted octanol–water partition coefficient (Wildman–Crippen LogP) is 3.52. The van der Waals surface area contributed by atoms with Gasteiger partial charge in [0.05, 0.1) is 0 Å². The van der Waals surface area contributed by atoms with Crippen LogP contribution in [0.4, 0.5) is 0 Å². The maximum Gasteiger partial charge on any atom is 0.303 e. The smallest absolute Gasteiger partial charge is 0.303 e. The normalized spacial score (nSPS) is 11.1. The predicted molar refractivity (Wildman–Crippen MR) is 70.0 cm³/mol. The van der Waals surface area contributed by atoms with Gasteiger partial charge in [-0.25, -0.2) is 0 Å². The Labute approximate surface area is 105 Å². The fourth-order valence-corrected chi connectivity index (χ4v) is 1.68. The second kappa shape index (κ2) is 13.2. The first-order valence-electron chi connectivity index (χ1n) is 6.75. The molecule has 0 radical (unpaired) electrons. The number of carboxylic acids is 1. The van der Waals surface area contributed by atoms with E-state index < -0.39 is 5.97 Å². The molecule has 0 unspecified atom stereocenters. The third-order valence-electron chi connectivity index (χ3n) is 2.71. The average molecular weight is 242 g/mol. The van der Waals surface area contributed by atoms with Crippen molar-refractivity contribution in [3.8, 4) is 0 Å². The van der Waals surface area contributed by atoms with Crippen molar-refractivity contribution in [2.45, 2.75) is 64.2 Å². The highest BCUT2D eigenvalue weighted by Gasteiger charge is 1.95. The monoisotopic (exact) mass is 242 g/mol. The number of aliphatic hydroxyl groups is 1.